The summed E-state index contributed by atoms with van der Waals surface area (Å²) in [6.07, 6.45) is 9.94. The summed E-state index contributed by atoms with van der Waals surface area (Å²) in [4.78, 5) is 0. The highest BCUT2D eigenvalue weighted by Crippen LogP contribution is 2.25. The number of ether oxygens (including phenoxy) is 5. The molecule has 0 radical (unpaired) electrons. The van der Waals surface area contributed by atoms with Crippen LogP contribution >= 0.6 is 22.6 Å². The summed E-state index contributed by atoms with van der Waals surface area (Å²) < 4.78 is 28.6. The average molecular weight is 761 g/mol. The molecule has 47 heavy (non-hydrogen) atoms. The minimum absolute atomic E-state index is 0.0938. The first-order chi connectivity index (χ1) is 23.2. The highest BCUT2D eigenvalue weighted by atomic mass is 127. The van der Waals surface area contributed by atoms with Crippen LogP contribution in [0, 0.1) is 3.57 Å². The van der Waals surface area contributed by atoms with Gasteiger partial charge in [-0.1, -0.05) is 125 Å². The minimum Gasteiger partial charge on any atom is -0.491 e. The number of unbranched alkanes of at least 4 members (excludes halogenated alkanes) is 6. The molecular formula is C40H57IO6. The summed E-state index contributed by atoms with van der Waals surface area (Å²) in [6.45, 7) is 10.3. The first kappa shape index (κ1) is 40.9. The number of halogens is 1. The van der Waals surface area contributed by atoms with Gasteiger partial charge in [0.15, 0.2) is 0 Å². The zero-order chi connectivity index (χ0) is 33.6. The van der Waals surface area contributed by atoms with Gasteiger partial charge in [-0.05, 0) is 63.7 Å². The zero-order valence-electron chi connectivity index (χ0n) is 28.7. The molecule has 0 aliphatic heterocycles. The van der Waals surface area contributed by atoms with Crippen molar-refractivity contribution in [2.75, 3.05) is 66.1 Å². The second-order valence-electron chi connectivity index (χ2n) is 11.1. The topological polar surface area (TPSA) is 66.4 Å². The quantitative estimate of drug-likeness (QED) is 0.0636. The van der Waals surface area contributed by atoms with E-state index in [0.717, 1.165) is 37.2 Å². The molecule has 4 rings (SSSR count). The Labute approximate surface area is 297 Å². The third-order valence-corrected chi connectivity index (χ3v) is 8.18. The summed E-state index contributed by atoms with van der Waals surface area (Å²) in [6, 6.07) is 29.1. The predicted octanol–water partition coefficient (Wildman–Crippen LogP) is 9.87. The van der Waals surface area contributed by atoms with Crippen LogP contribution in [0.2, 0.25) is 0 Å². The van der Waals surface area contributed by atoms with Crippen molar-refractivity contribution < 1.29 is 28.8 Å². The van der Waals surface area contributed by atoms with Crippen molar-refractivity contribution >= 4 is 44.1 Å². The number of aliphatic hydroxyl groups excluding tert-OH is 1. The van der Waals surface area contributed by atoms with Gasteiger partial charge in [-0.15, -0.1) is 0 Å². The number of aliphatic hydroxyl groups is 1. The smallest absolute Gasteiger partial charge is 0.127 e. The van der Waals surface area contributed by atoms with Crippen LogP contribution in [0.25, 0.3) is 21.5 Å². The van der Waals surface area contributed by atoms with Crippen LogP contribution in [-0.2, 0) is 18.9 Å². The molecule has 0 unspecified atom stereocenters. The number of hydrogen-bond acceptors (Lipinski definition) is 6. The molecule has 0 saturated carbocycles. The van der Waals surface area contributed by atoms with Crippen molar-refractivity contribution in [2.45, 2.75) is 65.2 Å². The summed E-state index contributed by atoms with van der Waals surface area (Å²) in [7, 11) is 0. The Morgan fingerprint density at radius 1 is 0.468 bits per heavy atom. The van der Waals surface area contributed by atoms with Gasteiger partial charge in [-0.3, -0.25) is 0 Å². The van der Waals surface area contributed by atoms with Gasteiger partial charge in [0, 0.05) is 22.2 Å². The van der Waals surface area contributed by atoms with Crippen molar-refractivity contribution in [3.63, 3.8) is 0 Å². The van der Waals surface area contributed by atoms with E-state index < -0.39 is 0 Å². The summed E-state index contributed by atoms with van der Waals surface area (Å²) >= 11 is 2.36. The van der Waals surface area contributed by atoms with Crippen LogP contribution < -0.4 is 4.74 Å². The van der Waals surface area contributed by atoms with Gasteiger partial charge >= 0.3 is 0 Å². The fourth-order valence-electron chi connectivity index (χ4n) is 4.69. The van der Waals surface area contributed by atoms with E-state index in [1.807, 2.05) is 24.3 Å². The zero-order valence-corrected chi connectivity index (χ0v) is 30.8. The number of rotatable bonds is 22. The molecule has 260 valence electrons. The Bertz CT molecular complexity index is 1280. The van der Waals surface area contributed by atoms with Crippen LogP contribution in [0.4, 0.5) is 0 Å². The van der Waals surface area contributed by atoms with Crippen LogP contribution in [-0.4, -0.2) is 71.2 Å². The molecule has 1 N–H and O–H groups in total. The van der Waals surface area contributed by atoms with Crippen LogP contribution in [0.5, 0.6) is 5.75 Å². The molecule has 6 nitrogen and oxygen atoms in total. The summed E-state index contributed by atoms with van der Waals surface area (Å²) in [5, 5.41) is 13.4. The molecule has 0 fully saturated rings. The molecule has 7 heteroatoms. The number of fused-ring (bicyclic) bond motifs is 2. The molecular weight excluding hydrogens is 703 g/mol. The third kappa shape index (κ3) is 19.4. The van der Waals surface area contributed by atoms with Crippen molar-refractivity contribution in [3.05, 3.63) is 88.5 Å². The lowest BCUT2D eigenvalue weighted by Gasteiger charge is -2.10. The monoisotopic (exact) mass is 760 g/mol. The Morgan fingerprint density at radius 2 is 0.936 bits per heavy atom. The Morgan fingerprint density at radius 3 is 1.51 bits per heavy atom. The Balaban J connectivity index is 0.000000270. The molecule has 0 aliphatic carbocycles. The van der Waals surface area contributed by atoms with Crippen molar-refractivity contribution in [1.29, 1.82) is 0 Å². The summed E-state index contributed by atoms with van der Waals surface area (Å²) in [5.74, 6) is 0.916. The second kappa shape index (κ2) is 28.7. The van der Waals surface area contributed by atoms with Crippen LogP contribution in [0.1, 0.15) is 65.2 Å². The highest BCUT2D eigenvalue weighted by molar-refractivity contribution is 14.1. The Hall–Kier alpha value is -2.27. The van der Waals surface area contributed by atoms with Crippen molar-refractivity contribution in [2.24, 2.45) is 0 Å². The van der Waals surface area contributed by atoms with E-state index in [4.69, 9.17) is 28.8 Å². The van der Waals surface area contributed by atoms with Gasteiger partial charge in [0.05, 0.1) is 46.2 Å². The van der Waals surface area contributed by atoms with Gasteiger partial charge < -0.3 is 28.8 Å². The number of benzene rings is 4. The normalized spacial score (nSPS) is 10.7. The molecule has 4 aromatic rings. The molecule has 0 aromatic heterocycles. The van der Waals surface area contributed by atoms with E-state index in [-0.39, 0.29) is 6.61 Å². The van der Waals surface area contributed by atoms with Gasteiger partial charge in [0.1, 0.15) is 12.4 Å². The lowest BCUT2D eigenvalue weighted by Crippen LogP contribution is -2.11. The van der Waals surface area contributed by atoms with Crippen LogP contribution in [0.3, 0.4) is 0 Å². The maximum Gasteiger partial charge on any atom is 0.127 e. The first-order valence-electron chi connectivity index (χ1n) is 17.4. The van der Waals surface area contributed by atoms with Crippen molar-refractivity contribution in [3.8, 4) is 5.75 Å². The van der Waals surface area contributed by atoms with E-state index in [1.165, 1.54) is 58.3 Å². The maximum absolute atomic E-state index is 8.40. The number of hydrogen-bond donors (Lipinski definition) is 1. The molecule has 0 atom stereocenters. The lowest BCUT2D eigenvalue weighted by atomic mass is 10.1. The van der Waals surface area contributed by atoms with Gasteiger partial charge in [0.25, 0.3) is 0 Å². The maximum atomic E-state index is 8.40. The average Bonchev–Trinajstić information content (AvgIpc) is 3.11. The van der Waals surface area contributed by atoms with E-state index >= 15 is 0 Å². The van der Waals surface area contributed by atoms with Crippen LogP contribution in [0.15, 0.2) is 84.9 Å². The fourth-order valence-corrected chi connectivity index (χ4v) is 5.39. The highest BCUT2D eigenvalue weighted by Gasteiger charge is 2.01. The van der Waals surface area contributed by atoms with E-state index in [2.05, 4.69) is 97.1 Å². The van der Waals surface area contributed by atoms with E-state index in [1.54, 1.807) is 0 Å². The molecule has 0 amide bonds. The van der Waals surface area contributed by atoms with Gasteiger partial charge in [0.2, 0.25) is 0 Å². The molecule has 4 aromatic carbocycles. The largest absolute Gasteiger partial charge is 0.491 e. The van der Waals surface area contributed by atoms with E-state index in [9.17, 15) is 0 Å². The second-order valence-corrected chi connectivity index (χ2v) is 12.2. The molecule has 0 bridgehead atoms. The lowest BCUT2D eigenvalue weighted by molar-refractivity contribution is 0.0321. The first-order valence-corrected chi connectivity index (χ1v) is 18.4. The third-order valence-electron chi connectivity index (χ3n) is 7.24. The minimum atomic E-state index is 0.0938. The predicted molar refractivity (Wildman–Crippen MR) is 205 cm³/mol. The molecule has 0 saturated heterocycles. The Kier molecular flexibility index (Phi) is 25.0. The fraction of sp³-hybridized carbons (Fsp3) is 0.500. The standard InChI is InChI=1S/C20H28O3.C10H7I.C10H22O3/c1-2-3-4-7-13-21-14-15-22-16-17-23-20-12-8-10-18-9-5-6-11-19(18)20;11-10-7-3-5-8-4-1-2-6-9(8)10;1-2-3-4-5-7-12-9-10-13-8-6-11/h5-6,8-12H,2-4,7,13-17H2,1H3;1-7H;11H,2-10H2,1H3. The van der Waals surface area contributed by atoms with Crippen molar-refractivity contribution in [1.82, 2.24) is 0 Å². The molecule has 0 heterocycles. The SMILES string of the molecule is CCCCCCOCCOCCO.CCCCCCOCCOCCOc1cccc2ccccc12.Ic1cccc2ccccc12. The van der Waals surface area contributed by atoms with Gasteiger partial charge in [-0.2, -0.15) is 0 Å². The molecule has 0 spiro atoms. The van der Waals surface area contributed by atoms with E-state index in [0.29, 0.717) is 46.2 Å². The summed E-state index contributed by atoms with van der Waals surface area (Å²) in [5.41, 5.74) is 0. The van der Waals surface area contributed by atoms with Gasteiger partial charge in [-0.25, -0.2) is 0 Å². The molecule has 0 aliphatic rings.